The van der Waals surface area contributed by atoms with Gasteiger partial charge < -0.3 is 15.1 Å². The molecule has 0 atom stereocenters. The monoisotopic (exact) mass is 379 g/mol. The fourth-order valence-corrected chi connectivity index (χ4v) is 4.28. The maximum absolute atomic E-state index is 12.4. The molecule has 4 nitrogen and oxygen atoms in total. The number of halogens is 1. The molecule has 1 saturated carbocycles. The van der Waals surface area contributed by atoms with E-state index in [1.165, 1.54) is 30.5 Å². The number of urea groups is 1. The fraction of sp³-hybridized carbons (Fsp3) is 0.611. The Morgan fingerprint density at radius 1 is 1.13 bits per heavy atom. The second-order valence-electron chi connectivity index (χ2n) is 6.71. The van der Waals surface area contributed by atoms with Crippen LogP contribution in [0.5, 0.6) is 0 Å². The van der Waals surface area contributed by atoms with Crippen molar-refractivity contribution in [2.45, 2.75) is 45.1 Å². The van der Waals surface area contributed by atoms with E-state index in [1.54, 1.807) is 0 Å². The SMILES string of the molecule is Cc1ccc(N2CCN(C(=O)NC3CCCCC3)CC2)c(Br)c1. The molecule has 5 heteroatoms. The van der Waals surface area contributed by atoms with Crippen molar-refractivity contribution in [1.29, 1.82) is 0 Å². The zero-order chi connectivity index (χ0) is 16.2. The molecule has 0 radical (unpaired) electrons. The van der Waals surface area contributed by atoms with Crippen molar-refractivity contribution in [3.8, 4) is 0 Å². The minimum absolute atomic E-state index is 0.125. The van der Waals surface area contributed by atoms with Gasteiger partial charge in [-0.2, -0.15) is 0 Å². The molecule has 1 aliphatic heterocycles. The zero-order valence-corrected chi connectivity index (χ0v) is 15.4. The summed E-state index contributed by atoms with van der Waals surface area (Å²) in [6.45, 7) is 5.46. The first-order valence-corrected chi connectivity index (χ1v) is 9.49. The quantitative estimate of drug-likeness (QED) is 0.844. The number of benzene rings is 1. The first-order chi connectivity index (χ1) is 11.1. The van der Waals surface area contributed by atoms with E-state index in [1.807, 2.05) is 4.90 Å². The number of aryl methyl sites for hydroxylation is 1. The number of rotatable bonds is 2. The van der Waals surface area contributed by atoms with Gasteiger partial charge in [-0.1, -0.05) is 25.3 Å². The normalized spacial score (nSPS) is 19.7. The minimum Gasteiger partial charge on any atom is -0.367 e. The standard InChI is InChI=1S/C18H26BrN3O/c1-14-7-8-17(16(19)13-14)21-9-11-22(12-10-21)18(23)20-15-5-3-2-4-6-15/h7-8,13,15H,2-6,9-12H2,1H3,(H,20,23). The maximum Gasteiger partial charge on any atom is 0.317 e. The van der Waals surface area contributed by atoms with Crippen LogP contribution in [0.15, 0.2) is 22.7 Å². The van der Waals surface area contributed by atoms with E-state index in [0.717, 1.165) is 43.5 Å². The Morgan fingerprint density at radius 2 is 1.83 bits per heavy atom. The minimum atomic E-state index is 0.125. The molecule has 1 saturated heterocycles. The Bertz CT molecular complexity index is 549. The third-order valence-corrected chi connectivity index (χ3v) is 5.58. The Balaban J connectivity index is 1.52. The molecule has 3 rings (SSSR count). The molecule has 23 heavy (non-hydrogen) atoms. The molecule has 0 spiro atoms. The molecule has 2 fully saturated rings. The first-order valence-electron chi connectivity index (χ1n) is 8.70. The molecule has 1 aliphatic carbocycles. The van der Waals surface area contributed by atoms with Gasteiger partial charge >= 0.3 is 6.03 Å². The van der Waals surface area contributed by atoms with Crippen molar-refractivity contribution < 1.29 is 4.79 Å². The van der Waals surface area contributed by atoms with Gasteiger partial charge in [0.2, 0.25) is 0 Å². The number of carbonyl (C=O) groups excluding carboxylic acids is 1. The van der Waals surface area contributed by atoms with Gasteiger partial charge in [-0.25, -0.2) is 4.79 Å². The molecule has 1 heterocycles. The Labute approximate surface area is 147 Å². The number of piperazine rings is 1. The second-order valence-corrected chi connectivity index (χ2v) is 7.57. The third kappa shape index (κ3) is 4.19. The van der Waals surface area contributed by atoms with Crippen molar-refractivity contribution >= 4 is 27.6 Å². The number of hydrogen-bond acceptors (Lipinski definition) is 2. The lowest BCUT2D eigenvalue weighted by Crippen LogP contribution is -2.53. The van der Waals surface area contributed by atoms with Crippen LogP contribution in [0.2, 0.25) is 0 Å². The summed E-state index contributed by atoms with van der Waals surface area (Å²) in [6.07, 6.45) is 6.10. The van der Waals surface area contributed by atoms with Gasteiger partial charge in [-0.3, -0.25) is 0 Å². The molecule has 0 aromatic heterocycles. The summed E-state index contributed by atoms with van der Waals surface area (Å²) in [5.74, 6) is 0. The van der Waals surface area contributed by atoms with Crippen LogP contribution in [0.1, 0.15) is 37.7 Å². The van der Waals surface area contributed by atoms with Crippen molar-refractivity contribution in [3.63, 3.8) is 0 Å². The van der Waals surface area contributed by atoms with Crippen molar-refractivity contribution in [1.82, 2.24) is 10.2 Å². The van der Waals surface area contributed by atoms with E-state index in [9.17, 15) is 4.79 Å². The summed E-state index contributed by atoms with van der Waals surface area (Å²) in [6, 6.07) is 6.97. The molecule has 2 amide bonds. The summed E-state index contributed by atoms with van der Waals surface area (Å²) < 4.78 is 1.14. The van der Waals surface area contributed by atoms with Crippen LogP contribution in [-0.4, -0.2) is 43.2 Å². The maximum atomic E-state index is 12.4. The molecule has 0 unspecified atom stereocenters. The van der Waals surface area contributed by atoms with Crippen molar-refractivity contribution in [3.05, 3.63) is 28.2 Å². The lowest BCUT2D eigenvalue weighted by atomic mass is 9.96. The number of amides is 2. The van der Waals surface area contributed by atoms with E-state index < -0.39 is 0 Å². The van der Waals surface area contributed by atoms with Crippen molar-refractivity contribution in [2.24, 2.45) is 0 Å². The molecule has 1 aromatic rings. The zero-order valence-electron chi connectivity index (χ0n) is 13.9. The summed E-state index contributed by atoms with van der Waals surface area (Å²) in [4.78, 5) is 16.7. The van der Waals surface area contributed by atoms with Gasteiger partial charge in [0.15, 0.2) is 0 Å². The lowest BCUT2D eigenvalue weighted by Gasteiger charge is -2.37. The molecule has 0 bridgehead atoms. The van der Waals surface area contributed by atoms with Gasteiger partial charge in [0.05, 0.1) is 5.69 Å². The molecule has 126 valence electrons. The molecule has 1 aromatic carbocycles. The van der Waals surface area contributed by atoms with Crippen LogP contribution in [0.4, 0.5) is 10.5 Å². The Morgan fingerprint density at radius 3 is 2.48 bits per heavy atom. The van der Waals surface area contributed by atoms with E-state index >= 15 is 0 Å². The van der Waals surface area contributed by atoms with Crippen LogP contribution in [0, 0.1) is 6.92 Å². The van der Waals surface area contributed by atoms with E-state index in [2.05, 4.69) is 51.3 Å². The first kappa shape index (κ1) is 16.6. The average molecular weight is 380 g/mol. The van der Waals surface area contributed by atoms with E-state index in [-0.39, 0.29) is 6.03 Å². The number of hydrogen-bond donors (Lipinski definition) is 1. The van der Waals surface area contributed by atoms with Crippen LogP contribution in [0.25, 0.3) is 0 Å². The van der Waals surface area contributed by atoms with Gasteiger partial charge in [-0.05, 0) is 53.4 Å². The highest BCUT2D eigenvalue weighted by Gasteiger charge is 2.24. The Hall–Kier alpha value is -1.23. The van der Waals surface area contributed by atoms with Gasteiger partial charge in [0, 0.05) is 36.7 Å². The Kier molecular flexibility index (Phi) is 5.46. The summed E-state index contributed by atoms with van der Waals surface area (Å²) in [7, 11) is 0. The number of nitrogens with zero attached hydrogens (tertiary/aromatic N) is 2. The largest absolute Gasteiger partial charge is 0.367 e. The van der Waals surface area contributed by atoms with Gasteiger partial charge in [0.25, 0.3) is 0 Å². The number of carbonyl (C=O) groups is 1. The predicted molar refractivity (Wildman–Crippen MR) is 98.1 cm³/mol. The van der Waals surface area contributed by atoms with Crippen LogP contribution < -0.4 is 10.2 Å². The van der Waals surface area contributed by atoms with Gasteiger partial charge in [-0.15, -0.1) is 0 Å². The second kappa shape index (κ2) is 7.56. The predicted octanol–water partition coefficient (Wildman–Crippen LogP) is 3.92. The fourth-order valence-electron chi connectivity index (χ4n) is 3.53. The van der Waals surface area contributed by atoms with Crippen molar-refractivity contribution in [2.75, 3.05) is 31.1 Å². The summed E-state index contributed by atoms with van der Waals surface area (Å²) in [5.41, 5.74) is 2.48. The highest BCUT2D eigenvalue weighted by Crippen LogP contribution is 2.28. The van der Waals surface area contributed by atoms with Crippen LogP contribution >= 0.6 is 15.9 Å². The summed E-state index contributed by atoms with van der Waals surface area (Å²) in [5, 5.41) is 3.22. The number of anilines is 1. The lowest BCUT2D eigenvalue weighted by molar-refractivity contribution is 0.186. The third-order valence-electron chi connectivity index (χ3n) is 4.94. The highest BCUT2D eigenvalue weighted by atomic mass is 79.9. The average Bonchev–Trinajstić information content (AvgIpc) is 2.56. The highest BCUT2D eigenvalue weighted by molar-refractivity contribution is 9.10. The smallest absolute Gasteiger partial charge is 0.317 e. The topological polar surface area (TPSA) is 35.6 Å². The molecular weight excluding hydrogens is 354 g/mol. The van der Waals surface area contributed by atoms with Gasteiger partial charge in [0.1, 0.15) is 0 Å². The molecule has 1 N–H and O–H groups in total. The number of nitrogens with one attached hydrogen (secondary N) is 1. The summed E-state index contributed by atoms with van der Waals surface area (Å²) >= 11 is 3.66. The molecular formula is C18H26BrN3O. The van der Waals surface area contributed by atoms with E-state index in [0.29, 0.717) is 6.04 Å². The van der Waals surface area contributed by atoms with Crippen LogP contribution in [0.3, 0.4) is 0 Å². The van der Waals surface area contributed by atoms with E-state index in [4.69, 9.17) is 0 Å². The van der Waals surface area contributed by atoms with Crippen LogP contribution in [-0.2, 0) is 0 Å². The molecule has 2 aliphatic rings.